The van der Waals surface area contributed by atoms with Crippen LogP contribution in [0.1, 0.15) is 30.7 Å². The minimum absolute atomic E-state index is 0. The number of hydrogen-bond acceptors (Lipinski definition) is 3. The van der Waals surface area contributed by atoms with Crippen LogP contribution in [0.5, 0.6) is 0 Å². The third-order valence-electron chi connectivity index (χ3n) is 2.80. The maximum absolute atomic E-state index is 5.81. The summed E-state index contributed by atoms with van der Waals surface area (Å²) in [5, 5.41) is 6.38. The van der Waals surface area contributed by atoms with Crippen molar-refractivity contribution in [3.8, 4) is 0 Å². The van der Waals surface area contributed by atoms with Crippen LogP contribution in [0.25, 0.3) is 0 Å². The summed E-state index contributed by atoms with van der Waals surface area (Å²) >= 11 is 1.67. The summed E-state index contributed by atoms with van der Waals surface area (Å²) < 4.78 is 0. The molecule has 0 atom stereocenters. The van der Waals surface area contributed by atoms with Gasteiger partial charge in [-0.2, -0.15) is 0 Å². The molecule has 96 valence electrons. The van der Waals surface area contributed by atoms with Gasteiger partial charge < -0.3 is 11.1 Å². The molecule has 0 radical (unpaired) electrons. The standard InChI is InChI=1S/C11H18N4S.HI/c12-11(15-9-3-1-2-4-9)14-6-5-10-13-7-8-16-10;/h7-9H,1-6H2,(H3,12,14,15);1H. The Balaban J connectivity index is 0.00000144. The number of aliphatic imine (C=N–C) groups is 1. The molecule has 1 fully saturated rings. The molecule has 1 heterocycles. The lowest BCUT2D eigenvalue weighted by molar-refractivity contribution is 0.625. The van der Waals surface area contributed by atoms with Gasteiger partial charge in [-0.3, -0.25) is 4.99 Å². The van der Waals surface area contributed by atoms with Crippen LogP contribution in [-0.2, 0) is 6.42 Å². The van der Waals surface area contributed by atoms with Crippen molar-refractivity contribution in [3.05, 3.63) is 16.6 Å². The molecule has 1 saturated carbocycles. The number of aromatic nitrogens is 1. The van der Waals surface area contributed by atoms with Crippen molar-refractivity contribution < 1.29 is 0 Å². The molecular weight excluding hydrogens is 347 g/mol. The fourth-order valence-corrected chi connectivity index (χ4v) is 2.58. The molecule has 0 amide bonds. The number of guanidine groups is 1. The van der Waals surface area contributed by atoms with E-state index >= 15 is 0 Å². The third-order valence-corrected chi connectivity index (χ3v) is 3.64. The second-order valence-electron chi connectivity index (χ2n) is 4.07. The predicted octanol–water partition coefficient (Wildman–Crippen LogP) is 2.15. The Kier molecular flexibility index (Phi) is 6.79. The third kappa shape index (κ3) is 5.20. The van der Waals surface area contributed by atoms with Gasteiger partial charge in [0.05, 0.1) is 5.01 Å². The fraction of sp³-hybridized carbons (Fsp3) is 0.636. The number of halogens is 1. The van der Waals surface area contributed by atoms with Crippen molar-refractivity contribution in [1.29, 1.82) is 0 Å². The van der Waals surface area contributed by atoms with Crippen LogP contribution >= 0.6 is 35.3 Å². The van der Waals surface area contributed by atoms with E-state index in [1.807, 2.05) is 11.6 Å². The minimum Gasteiger partial charge on any atom is -0.370 e. The van der Waals surface area contributed by atoms with E-state index in [1.54, 1.807) is 11.3 Å². The number of hydrogen-bond donors (Lipinski definition) is 2. The van der Waals surface area contributed by atoms with Gasteiger partial charge in [0.2, 0.25) is 0 Å². The van der Waals surface area contributed by atoms with Crippen molar-refractivity contribution >= 4 is 41.3 Å². The quantitative estimate of drug-likeness (QED) is 0.488. The van der Waals surface area contributed by atoms with E-state index in [9.17, 15) is 0 Å². The highest BCUT2D eigenvalue weighted by Gasteiger charge is 2.14. The molecule has 1 aliphatic carbocycles. The summed E-state index contributed by atoms with van der Waals surface area (Å²) in [5.41, 5.74) is 5.81. The van der Waals surface area contributed by atoms with Crippen LogP contribution < -0.4 is 11.1 Å². The number of rotatable bonds is 4. The van der Waals surface area contributed by atoms with Crippen molar-refractivity contribution in [2.24, 2.45) is 10.7 Å². The Hall–Kier alpha value is -0.370. The lowest BCUT2D eigenvalue weighted by atomic mass is 10.2. The second kappa shape index (κ2) is 7.86. The predicted molar refractivity (Wildman–Crippen MR) is 83.1 cm³/mol. The molecule has 0 spiro atoms. The Labute approximate surface area is 123 Å². The van der Waals surface area contributed by atoms with Gasteiger partial charge in [-0.25, -0.2) is 4.98 Å². The molecule has 1 aliphatic rings. The Bertz CT molecular complexity index is 333. The molecule has 2 rings (SSSR count). The van der Waals surface area contributed by atoms with Crippen molar-refractivity contribution in [1.82, 2.24) is 10.3 Å². The maximum atomic E-state index is 5.81. The van der Waals surface area contributed by atoms with Crippen LogP contribution in [0.2, 0.25) is 0 Å². The van der Waals surface area contributed by atoms with Gasteiger partial charge in [0.1, 0.15) is 0 Å². The molecule has 0 aliphatic heterocycles. The Morgan fingerprint density at radius 2 is 2.29 bits per heavy atom. The molecule has 0 aromatic carbocycles. The summed E-state index contributed by atoms with van der Waals surface area (Å²) in [7, 11) is 0. The van der Waals surface area contributed by atoms with E-state index in [0.29, 0.717) is 12.0 Å². The zero-order valence-electron chi connectivity index (χ0n) is 9.76. The van der Waals surface area contributed by atoms with E-state index in [-0.39, 0.29) is 24.0 Å². The first-order valence-electron chi connectivity index (χ1n) is 5.79. The Morgan fingerprint density at radius 1 is 1.53 bits per heavy atom. The monoisotopic (exact) mass is 366 g/mol. The zero-order chi connectivity index (χ0) is 11.2. The number of thiazole rings is 1. The summed E-state index contributed by atoms with van der Waals surface area (Å²) in [6.45, 7) is 0.721. The number of nitrogens with two attached hydrogens (primary N) is 1. The van der Waals surface area contributed by atoms with E-state index in [4.69, 9.17) is 5.73 Å². The summed E-state index contributed by atoms with van der Waals surface area (Å²) in [4.78, 5) is 8.52. The Morgan fingerprint density at radius 3 is 2.94 bits per heavy atom. The van der Waals surface area contributed by atoms with E-state index in [1.165, 1.54) is 25.7 Å². The smallest absolute Gasteiger partial charge is 0.188 e. The maximum Gasteiger partial charge on any atom is 0.188 e. The molecule has 0 unspecified atom stereocenters. The van der Waals surface area contributed by atoms with Gasteiger partial charge in [-0.15, -0.1) is 35.3 Å². The van der Waals surface area contributed by atoms with Gasteiger partial charge in [0, 0.05) is 30.6 Å². The molecule has 0 saturated heterocycles. The van der Waals surface area contributed by atoms with Crippen LogP contribution in [-0.4, -0.2) is 23.5 Å². The normalized spacial score (nSPS) is 16.8. The highest BCUT2D eigenvalue weighted by Crippen LogP contribution is 2.17. The fourth-order valence-electron chi connectivity index (χ4n) is 1.97. The molecule has 0 bridgehead atoms. The van der Waals surface area contributed by atoms with Gasteiger partial charge in [-0.1, -0.05) is 12.8 Å². The van der Waals surface area contributed by atoms with Crippen LogP contribution in [0.15, 0.2) is 16.6 Å². The average molecular weight is 366 g/mol. The van der Waals surface area contributed by atoms with Gasteiger partial charge in [-0.05, 0) is 12.8 Å². The number of nitrogens with one attached hydrogen (secondary N) is 1. The highest BCUT2D eigenvalue weighted by atomic mass is 127. The second-order valence-corrected chi connectivity index (χ2v) is 5.05. The summed E-state index contributed by atoms with van der Waals surface area (Å²) in [6, 6.07) is 0.545. The minimum atomic E-state index is 0. The molecule has 6 heteroatoms. The van der Waals surface area contributed by atoms with E-state index < -0.39 is 0 Å². The first-order chi connectivity index (χ1) is 7.84. The molecular formula is C11H19IN4S. The highest BCUT2D eigenvalue weighted by molar-refractivity contribution is 14.0. The molecule has 17 heavy (non-hydrogen) atoms. The SMILES string of the molecule is I.NC(=NCCc1nccs1)NC1CCCC1. The number of nitrogens with zero attached hydrogens (tertiary/aromatic N) is 2. The zero-order valence-corrected chi connectivity index (χ0v) is 12.9. The van der Waals surface area contributed by atoms with Crippen molar-refractivity contribution in [3.63, 3.8) is 0 Å². The first kappa shape index (κ1) is 14.7. The summed E-state index contributed by atoms with van der Waals surface area (Å²) in [6.07, 6.45) is 7.77. The molecule has 3 N–H and O–H groups in total. The van der Waals surface area contributed by atoms with E-state index in [0.717, 1.165) is 18.0 Å². The van der Waals surface area contributed by atoms with E-state index in [2.05, 4.69) is 15.3 Å². The molecule has 1 aromatic heterocycles. The first-order valence-corrected chi connectivity index (χ1v) is 6.67. The van der Waals surface area contributed by atoms with Crippen molar-refractivity contribution in [2.45, 2.75) is 38.1 Å². The van der Waals surface area contributed by atoms with Gasteiger partial charge in [0.15, 0.2) is 5.96 Å². The lowest BCUT2D eigenvalue weighted by Gasteiger charge is -2.11. The van der Waals surface area contributed by atoms with Crippen LogP contribution in [0.3, 0.4) is 0 Å². The van der Waals surface area contributed by atoms with Crippen molar-refractivity contribution in [2.75, 3.05) is 6.54 Å². The molecule has 1 aromatic rings. The summed E-state index contributed by atoms with van der Waals surface area (Å²) in [5.74, 6) is 0.587. The molecule has 4 nitrogen and oxygen atoms in total. The lowest BCUT2D eigenvalue weighted by Crippen LogP contribution is -2.38. The van der Waals surface area contributed by atoms with Gasteiger partial charge >= 0.3 is 0 Å². The topological polar surface area (TPSA) is 63.3 Å². The average Bonchev–Trinajstić information content (AvgIpc) is 2.90. The van der Waals surface area contributed by atoms with Crippen LogP contribution in [0, 0.1) is 0 Å². The largest absolute Gasteiger partial charge is 0.370 e. The van der Waals surface area contributed by atoms with Crippen LogP contribution in [0.4, 0.5) is 0 Å². The van der Waals surface area contributed by atoms with Gasteiger partial charge in [0.25, 0.3) is 0 Å².